The molecule has 0 heterocycles. The van der Waals surface area contributed by atoms with E-state index in [1.807, 2.05) is 0 Å². The van der Waals surface area contributed by atoms with Crippen LogP contribution < -0.4 is 14.4 Å². The third kappa shape index (κ3) is 3.55. The van der Waals surface area contributed by atoms with Gasteiger partial charge in [-0.1, -0.05) is 11.6 Å². The van der Waals surface area contributed by atoms with E-state index in [0.29, 0.717) is 11.4 Å². The Morgan fingerprint density at radius 1 is 1.45 bits per heavy atom. The van der Waals surface area contributed by atoms with Crippen LogP contribution in [-0.2, 0) is 14.8 Å². The zero-order valence-corrected chi connectivity index (χ0v) is 13.2. The summed E-state index contributed by atoms with van der Waals surface area (Å²) in [4.78, 5) is 11.7. The summed E-state index contributed by atoms with van der Waals surface area (Å²) in [6, 6.07) is 3.64. The summed E-state index contributed by atoms with van der Waals surface area (Å²) < 4.78 is 29.9. The summed E-state index contributed by atoms with van der Waals surface area (Å²) >= 11 is 5.99. The van der Waals surface area contributed by atoms with E-state index in [-0.39, 0.29) is 5.02 Å². The van der Waals surface area contributed by atoms with E-state index in [1.165, 1.54) is 33.2 Å². The van der Waals surface area contributed by atoms with E-state index in [4.69, 9.17) is 16.3 Å². The molecular formula is C12H17ClN2O4S. The van der Waals surface area contributed by atoms with Crippen LogP contribution in [0.1, 0.15) is 6.92 Å². The number of nitrogens with zero attached hydrogens (tertiary/aromatic N) is 1. The van der Waals surface area contributed by atoms with Crippen LogP contribution in [-0.4, -0.2) is 40.8 Å². The quantitative estimate of drug-likeness (QED) is 0.886. The van der Waals surface area contributed by atoms with Crippen LogP contribution >= 0.6 is 11.6 Å². The molecule has 1 amide bonds. The van der Waals surface area contributed by atoms with Gasteiger partial charge in [-0.2, -0.15) is 0 Å². The largest absolute Gasteiger partial charge is 0.495 e. The van der Waals surface area contributed by atoms with Crippen LogP contribution in [0.2, 0.25) is 5.02 Å². The number of likely N-dealkylation sites (N-methyl/N-ethyl adjacent to an activating group) is 1. The normalized spacial score (nSPS) is 12.7. The van der Waals surface area contributed by atoms with Gasteiger partial charge in [0.05, 0.1) is 24.1 Å². The first-order chi connectivity index (χ1) is 9.22. The van der Waals surface area contributed by atoms with Crippen LogP contribution in [0.5, 0.6) is 5.75 Å². The summed E-state index contributed by atoms with van der Waals surface area (Å²) in [5.41, 5.74) is 0.300. The minimum atomic E-state index is -3.64. The van der Waals surface area contributed by atoms with Gasteiger partial charge < -0.3 is 10.1 Å². The van der Waals surface area contributed by atoms with Crippen molar-refractivity contribution in [2.45, 2.75) is 13.0 Å². The fourth-order valence-electron chi connectivity index (χ4n) is 1.81. The van der Waals surface area contributed by atoms with Gasteiger partial charge in [0, 0.05) is 7.05 Å². The smallest absolute Gasteiger partial charge is 0.243 e. The second-order valence-electron chi connectivity index (χ2n) is 4.17. The highest BCUT2D eigenvalue weighted by atomic mass is 35.5. The van der Waals surface area contributed by atoms with Crippen molar-refractivity contribution in [2.75, 3.05) is 24.7 Å². The van der Waals surface area contributed by atoms with E-state index >= 15 is 0 Å². The number of benzene rings is 1. The number of nitrogens with one attached hydrogen (secondary N) is 1. The Labute approximate surface area is 123 Å². The van der Waals surface area contributed by atoms with Crippen LogP contribution in [0, 0.1) is 0 Å². The van der Waals surface area contributed by atoms with Crippen molar-refractivity contribution in [1.29, 1.82) is 0 Å². The van der Waals surface area contributed by atoms with E-state index in [1.54, 1.807) is 6.07 Å². The minimum Gasteiger partial charge on any atom is -0.495 e. The monoisotopic (exact) mass is 320 g/mol. The molecule has 1 atom stereocenters. The van der Waals surface area contributed by atoms with Crippen molar-refractivity contribution in [1.82, 2.24) is 5.32 Å². The van der Waals surface area contributed by atoms with Crippen molar-refractivity contribution >= 4 is 33.2 Å². The molecule has 20 heavy (non-hydrogen) atoms. The van der Waals surface area contributed by atoms with E-state index < -0.39 is 22.0 Å². The molecule has 1 N–H and O–H groups in total. The first-order valence-corrected chi connectivity index (χ1v) is 7.99. The van der Waals surface area contributed by atoms with Crippen LogP contribution in [0.4, 0.5) is 5.69 Å². The number of sulfonamides is 1. The van der Waals surface area contributed by atoms with Crippen molar-refractivity contribution < 1.29 is 17.9 Å². The third-order valence-corrected chi connectivity index (χ3v) is 4.26. The molecule has 1 rings (SSSR count). The molecule has 112 valence electrons. The molecule has 0 aliphatic rings. The van der Waals surface area contributed by atoms with Gasteiger partial charge in [-0.3, -0.25) is 9.10 Å². The summed E-state index contributed by atoms with van der Waals surface area (Å²) in [6.45, 7) is 1.50. The number of anilines is 1. The van der Waals surface area contributed by atoms with E-state index in [0.717, 1.165) is 10.6 Å². The lowest BCUT2D eigenvalue weighted by Crippen LogP contribution is -2.46. The molecule has 0 aliphatic heterocycles. The molecule has 0 fully saturated rings. The second-order valence-corrected chi connectivity index (χ2v) is 6.43. The number of carbonyl (C=O) groups is 1. The summed E-state index contributed by atoms with van der Waals surface area (Å²) in [7, 11) is -0.730. The molecule has 0 saturated heterocycles. The van der Waals surface area contributed by atoms with Gasteiger partial charge in [-0.25, -0.2) is 8.42 Å². The number of rotatable bonds is 5. The number of hydrogen-bond acceptors (Lipinski definition) is 4. The second kappa shape index (κ2) is 6.32. The summed E-state index contributed by atoms with van der Waals surface area (Å²) in [5.74, 6) is 0.0128. The lowest BCUT2D eigenvalue weighted by atomic mass is 10.2. The third-order valence-electron chi connectivity index (χ3n) is 2.72. The first-order valence-electron chi connectivity index (χ1n) is 5.77. The Bertz CT molecular complexity index is 603. The highest BCUT2D eigenvalue weighted by molar-refractivity contribution is 7.92. The Kier molecular flexibility index (Phi) is 5.24. The average molecular weight is 321 g/mol. The predicted octanol–water partition coefficient (Wildman–Crippen LogP) is 1.25. The van der Waals surface area contributed by atoms with Crippen LogP contribution in [0.25, 0.3) is 0 Å². The molecule has 1 aromatic carbocycles. The van der Waals surface area contributed by atoms with Crippen molar-refractivity contribution in [3.8, 4) is 5.75 Å². The van der Waals surface area contributed by atoms with Crippen molar-refractivity contribution in [3.05, 3.63) is 23.2 Å². The number of methoxy groups -OCH3 is 1. The molecule has 8 heteroatoms. The zero-order chi connectivity index (χ0) is 15.5. The van der Waals surface area contributed by atoms with Gasteiger partial charge in [-0.15, -0.1) is 0 Å². The lowest BCUT2D eigenvalue weighted by Gasteiger charge is -2.28. The van der Waals surface area contributed by atoms with Crippen molar-refractivity contribution in [3.63, 3.8) is 0 Å². The predicted molar refractivity (Wildman–Crippen MR) is 78.9 cm³/mol. The fourth-order valence-corrected chi connectivity index (χ4v) is 3.23. The number of amides is 1. The molecule has 0 spiro atoms. The summed E-state index contributed by atoms with van der Waals surface area (Å²) in [5, 5.41) is 2.69. The molecular weight excluding hydrogens is 304 g/mol. The molecule has 1 aromatic rings. The number of ether oxygens (including phenoxy) is 1. The number of carbonyl (C=O) groups excluding carboxylic acids is 1. The molecule has 0 saturated carbocycles. The average Bonchev–Trinajstić information content (AvgIpc) is 2.36. The summed E-state index contributed by atoms with van der Waals surface area (Å²) in [6.07, 6.45) is 1.03. The molecule has 0 bridgehead atoms. The maximum Gasteiger partial charge on any atom is 0.243 e. The van der Waals surface area contributed by atoms with Gasteiger partial charge in [0.1, 0.15) is 11.8 Å². The highest BCUT2D eigenvalue weighted by Gasteiger charge is 2.28. The standard InChI is InChI=1S/C12H17ClN2O4S/c1-8(12(16)14-2)15(20(4,17)18)9-5-6-11(19-3)10(13)7-9/h5-8H,1-4H3,(H,14,16)/t8-/m1/s1. The van der Waals surface area contributed by atoms with Crippen LogP contribution in [0.3, 0.4) is 0 Å². The van der Waals surface area contributed by atoms with Gasteiger partial charge in [-0.05, 0) is 25.1 Å². The molecule has 0 aliphatic carbocycles. The first kappa shape index (κ1) is 16.6. The van der Waals surface area contributed by atoms with Crippen molar-refractivity contribution in [2.24, 2.45) is 0 Å². The fraction of sp³-hybridized carbons (Fsp3) is 0.417. The Balaban J connectivity index is 3.33. The van der Waals surface area contributed by atoms with Gasteiger partial charge >= 0.3 is 0 Å². The lowest BCUT2D eigenvalue weighted by molar-refractivity contribution is -0.121. The number of halogens is 1. The minimum absolute atomic E-state index is 0.266. The van der Waals surface area contributed by atoms with Gasteiger partial charge in [0.25, 0.3) is 0 Å². The number of hydrogen-bond donors (Lipinski definition) is 1. The zero-order valence-electron chi connectivity index (χ0n) is 11.7. The Hall–Kier alpha value is -1.47. The maximum atomic E-state index is 11.9. The van der Waals surface area contributed by atoms with E-state index in [9.17, 15) is 13.2 Å². The molecule has 0 unspecified atom stereocenters. The molecule has 6 nitrogen and oxygen atoms in total. The molecule has 0 aromatic heterocycles. The van der Waals surface area contributed by atoms with Gasteiger partial charge in [0.2, 0.25) is 15.9 Å². The molecule has 0 radical (unpaired) electrons. The van der Waals surface area contributed by atoms with Gasteiger partial charge in [0.15, 0.2) is 0 Å². The van der Waals surface area contributed by atoms with Crippen LogP contribution in [0.15, 0.2) is 18.2 Å². The maximum absolute atomic E-state index is 11.9. The SMILES string of the molecule is CNC(=O)[C@@H](C)N(c1ccc(OC)c(Cl)c1)S(C)(=O)=O. The Morgan fingerprint density at radius 2 is 2.05 bits per heavy atom. The van der Waals surface area contributed by atoms with E-state index in [2.05, 4.69) is 5.32 Å². The highest BCUT2D eigenvalue weighted by Crippen LogP contribution is 2.31. The Morgan fingerprint density at radius 3 is 2.45 bits per heavy atom. The topological polar surface area (TPSA) is 75.7 Å².